The normalized spacial score (nSPS) is 20.6. The number of anilines is 2. The maximum Gasteiger partial charge on any atom is 0.344 e. The van der Waals surface area contributed by atoms with Gasteiger partial charge in [-0.1, -0.05) is 25.3 Å². The fourth-order valence-corrected chi connectivity index (χ4v) is 4.57. The number of urea groups is 1. The smallest absolute Gasteiger partial charge is 0.344 e. The van der Waals surface area contributed by atoms with Gasteiger partial charge in [-0.25, -0.2) is 4.79 Å². The van der Waals surface area contributed by atoms with E-state index >= 15 is 0 Å². The number of carbonyl (C=O) groups is 4. The first-order valence-corrected chi connectivity index (χ1v) is 10.5. The second-order valence-electron chi connectivity index (χ2n) is 8.20. The summed E-state index contributed by atoms with van der Waals surface area (Å²) in [5.74, 6) is -0.775. The molecule has 1 saturated carbocycles. The molecular formula is C21H27N5O4. The van der Waals surface area contributed by atoms with Crippen LogP contribution >= 0.6 is 0 Å². The van der Waals surface area contributed by atoms with Gasteiger partial charge < -0.3 is 15.5 Å². The Balaban J connectivity index is 1.38. The monoisotopic (exact) mass is 413 g/mol. The third-order valence-electron chi connectivity index (χ3n) is 6.21. The lowest BCUT2D eigenvalue weighted by Gasteiger charge is -2.30. The second kappa shape index (κ2) is 7.97. The summed E-state index contributed by atoms with van der Waals surface area (Å²) in [5, 5.41) is 6.62. The third-order valence-corrected chi connectivity index (χ3v) is 6.21. The number of imide groups is 1. The summed E-state index contributed by atoms with van der Waals surface area (Å²) in [6, 6.07) is 4.97. The van der Waals surface area contributed by atoms with Crippen molar-refractivity contribution in [3.05, 3.63) is 23.8 Å². The molecular weight excluding hydrogens is 386 g/mol. The maximum absolute atomic E-state index is 12.7. The van der Waals surface area contributed by atoms with Gasteiger partial charge in [-0.15, -0.1) is 0 Å². The van der Waals surface area contributed by atoms with Gasteiger partial charge in [0.05, 0.1) is 6.54 Å². The van der Waals surface area contributed by atoms with Crippen molar-refractivity contribution in [3.8, 4) is 0 Å². The van der Waals surface area contributed by atoms with Gasteiger partial charge in [0.25, 0.3) is 11.8 Å². The number of hydrogen-bond acceptors (Lipinski definition) is 5. The largest absolute Gasteiger partial charge is 0.376 e. The van der Waals surface area contributed by atoms with E-state index in [1.165, 1.54) is 0 Å². The number of rotatable bonds is 5. The molecule has 5 amide bonds. The Morgan fingerprint density at radius 2 is 1.90 bits per heavy atom. The maximum atomic E-state index is 12.7. The number of nitrogens with one attached hydrogen (secondary N) is 3. The van der Waals surface area contributed by atoms with Gasteiger partial charge in [-0.05, 0) is 43.9 Å². The molecule has 160 valence electrons. The van der Waals surface area contributed by atoms with E-state index in [9.17, 15) is 19.2 Å². The van der Waals surface area contributed by atoms with E-state index in [4.69, 9.17) is 0 Å². The molecule has 0 radical (unpaired) electrons. The summed E-state index contributed by atoms with van der Waals surface area (Å²) in [7, 11) is 0. The van der Waals surface area contributed by atoms with E-state index in [1.54, 1.807) is 4.90 Å². The molecule has 0 aromatic heterocycles. The number of hydrazine groups is 1. The Kier molecular flexibility index (Phi) is 5.36. The summed E-state index contributed by atoms with van der Waals surface area (Å²) >= 11 is 0. The zero-order valence-corrected chi connectivity index (χ0v) is 17.1. The Hall–Kier alpha value is -3.10. The second-order valence-corrected chi connectivity index (χ2v) is 8.20. The van der Waals surface area contributed by atoms with E-state index in [-0.39, 0.29) is 18.4 Å². The molecule has 2 saturated heterocycles. The molecule has 1 aromatic carbocycles. The lowest BCUT2D eigenvalue weighted by molar-refractivity contribution is -0.139. The van der Waals surface area contributed by atoms with Crippen LogP contribution in [0.4, 0.5) is 16.2 Å². The average molecular weight is 413 g/mol. The number of carbonyl (C=O) groups excluding carboxylic acids is 4. The third kappa shape index (κ3) is 3.59. The van der Waals surface area contributed by atoms with Crippen LogP contribution < -0.4 is 21.0 Å². The molecule has 30 heavy (non-hydrogen) atoms. The van der Waals surface area contributed by atoms with Crippen molar-refractivity contribution in [1.29, 1.82) is 0 Å². The Bertz CT molecular complexity index is 893. The molecule has 1 spiro atoms. The molecule has 9 heteroatoms. The van der Waals surface area contributed by atoms with E-state index in [2.05, 4.69) is 16.1 Å². The van der Waals surface area contributed by atoms with Crippen LogP contribution in [-0.2, 0) is 14.4 Å². The molecule has 9 nitrogen and oxygen atoms in total. The predicted octanol–water partition coefficient (Wildman–Crippen LogP) is 1.82. The van der Waals surface area contributed by atoms with Crippen LogP contribution in [-0.4, -0.2) is 47.4 Å². The molecule has 2 aliphatic heterocycles. The van der Waals surface area contributed by atoms with Crippen molar-refractivity contribution in [2.24, 2.45) is 0 Å². The molecule has 0 atom stereocenters. The summed E-state index contributed by atoms with van der Waals surface area (Å²) in [4.78, 5) is 51.3. The topological polar surface area (TPSA) is 111 Å². The van der Waals surface area contributed by atoms with Crippen molar-refractivity contribution < 1.29 is 19.2 Å². The van der Waals surface area contributed by atoms with Gasteiger partial charge >= 0.3 is 6.03 Å². The van der Waals surface area contributed by atoms with Crippen molar-refractivity contribution in [1.82, 2.24) is 15.8 Å². The summed E-state index contributed by atoms with van der Waals surface area (Å²) < 4.78 is 0. The number of nitrogens with zero attached hydrogens (tertiary/aromatic N) is 2. The first-order chi connectivity index (χ1) is 14.4. The summed E-state index contributed by atoms with van der Waals surface area (Å²) in [6.45, 7) is 2.48. The highest BCUT2D eigenvalue weighted by Gasteiger charge is 2.52. The van der Waals surface area contributed by atoms with Crippen LogP contribution in [0.25, 0.3) is 0 Å². The average Bonchev–Trinajstić information content (AvgIpc) is 3.25. The molecule has 3 aliphatic rings. The van der Waals surface area contributed by atoms with Crippen LogP contribution in [0.15, 0.2) is 18.2 Å². The summed E-state index contributed by atoms with van der Waals surface area (Å²) in [6.07, 6.45) is 5.39. The highest BCUT2D eigenvalue weighted by molar-refractivity contribution is 6.08. The molecule has 3 fully saturated rings. The molecule has 3 N–H and O–H groups in total. The zero-order valence-electron chi connectivity index (χ0n) is 17.1. The van der Waals surface area contributed by atoms with Gasteiger partial charge in [-0.2, -0.15) is 5.01 Å². The lowest BCUT2D eigenvalue weighted by Crippen LogP contribution is -2.51. The number of hydrogen-bond donors (Lipinski definition) is 3. The predicted molar refractivity (Wildman–Crippen MR) is 111 cm³/mol. The van der Waals surface area contributed by atoms with Crippen LogP contribution in [0.3, 0.4) is 0 Å². The van der Waals surface area contributed by atoms with E-state index in [0.29, 0.717) is 25.8 Å². The van der Waals surface area contributed by atoms with Gasteiger partial charge in [0.1, 0.15) is 5.54 Å². The van der Waals surface area contributed by atoms with Gasteiger partial charge in [0.15, 0.2) is 0 Å². The minimum atomic E-state index is -0.872. The number of benzene rings is 1. The number of amides is 5. The highest BCUT2D eigenvalue weighted by Crippen LogP contribution is 2.33. The SMILES string of the molecule is Cc1c(NCC(=O)NN2C(=O)NC3(CCCCC3)C2=O)cccc1N1CCCC1=O. The molecule has 1 aliphatic carbocycles. The minimum absolute atomic E-state index is 0.100. The van der Waals surface area contributed by atoms with E-state index in [1.807, 2.05) is 25.1 Å². The Morgan fingerprint density at radius 1 is 1.13 bits per heavy atom. The molecule has 0 bridgehead atoms. The van der Waals surface area contributed by atoms with Gasteiger partial charge in [0, 0.05) is 24.3 Å². The first-order valence-electron chi connectivity index (χ1n) is 10.5. The lowest BCUT2D eigenvalue weighted by atomic mass is 9.82. The molecule has 2 heterocycles. The molecule has 4 rings (SSSR count). The van der Waals surface area contributed by atoms with Gasteiger partial charge in [-0.3, -0.25) is 19.8 Å². The van der Waals surface area contributed by atoms with Crippen LogP contribution in [0.5, 0.6) is 0 Å². The molecule has 0 unspecified atom stereocenters. The highest BCUT2D eigenvalue weighted by atomic mass is 16.2. The summed E-state index contributed by atoms with van der Waals surface area (Å²) in [5.41, 5.74) is 3.98. The molecule has 1 aromatic rings. The Morgan fingerprint density at radius 3 is 2.60 bits per heavy atom. The fourth-order valence-electron chi connectivity index (χ4n) is 4.57. The van der Waals surface area contributed by atoms with Crippen molar-refractivity contribution in [2.45, 2.75) is 57.4 Å². The van der Waals surface area contributed by atoms with Crippen LogP contribution in [0.2, 0.25) is 0 Å². The van der Waals surface area contributed by atoms with E-state index in [0.717, 1.165) is 47.6 Å². The zero-order chi connectivity index (χ0) is 21.3. The van der Waals surface area contributed by atoms with Crippen molar-refractivity contribution >= 4 is 35.1 Å². The van der Waals surface area contributed by atoms with E-state index < -0.39 is 17.5 Å². The van der Waals surface area contributed by atoms with Gasteiger partial charge in [0.2, 0.25) is 5.91 Å². The van der Waals surface area contributed by atoms with Crippen LogP contribution in [0.1, 0.15) is 50.5 Å². The quantitative estimate of drug-likeness (QED) is 0.638. The fraction of sp³-hybridized carbons (Fsp3) is 0.524. The minimum Gasteiger partial charge on any atom is -0.376 e. The van der Waals surface area contributed by atoms with Crippen molar-refractivity contribution in [2.75, 3.05) is 23.3 Å². The Labute approximate surface area is 175 Å². The van der Waals surface area contributed by atoms with Crippen molar-refractivity contribution in [3.63, 3.8) is 0 Å². The first kappa shape index (κ1) is 20.2. The standard InChI is InChI=1S/C21H27N5O4/c1-14-15(7-5-8-16(14)25-12-6-9-18(25)28)22-13-17(27)24-26-19(29)21(23-20(26)30)10-3-2-4-11-21/h5,7-8,22H,2-4,6,9-13H2,1H3,(H,23,30)(H,24,27). The van der Waals surface area contributed by atoms with Crippen LogP contribution in [0, 0.1) is 6.92 Å².